The molecule has 3 aromatic carbocycles. The second kappa shape index (κ2) is 11.3. The van der Waals surface area contributed by atoms with E-state index in [2.05, 4.69) is 25.6 Å². The number of H-pyrrole nitrogens is 1. The lowest BCUT2D eigenvalue weighted by Crippen LogP contribution is -2.46. The van der Waals surface area contributed by atoms with Crippen LogP contribution in [-0.2, 0) is 17.8 Å². The van der Waals surface area contributed by atoms with Crippen LogP contribution in [0.2, 0.25) is 0 Å². The zero-order valence-corrected chi connectivity index (χ0v) is 20.2. The lowest BCUT2D eigenvalue weighted by atomic mass is 10.0. The number of fused-ring (bicyclic) bond motifs is 1. The largest absolute Gasteiger partial charge is 0.350 e. The first-order chi connectivity index (χ1) is 18.2. The predicted octanol–water partition coefficient (Wildman–Crippen LogP) is 4.67. The van der Waals surface area contributed by atoms with Crippen LogP contribution in [-0.4, -0.2) is 32.8 Å². The summed E-state index contributed by atoms with van der Waals surface area (Å²) in [5.41, 5.74) is 4.98. The van der Waals surface area contributed by atoms with Gasteiger partial charge in [0.2, 0.25) is 5.91 Å². The van der Waals surface area contributed by atoms with Crippen LogP contribution in [0.15, 0.2) is 103 Å². The van der Waals surface area contributed by atoms with Crippen LogP contribution in [0.1, 0.15) is 27.9 Å². The summed E-state index contributed by atoms with van der Waals surface area (Å²) in [6.07, 6.45) is 4.56. The van der Waals surface area contributed by atoms with E-state index in [1.165, 1.54) is 0 Å². The fourth-order valence-corrected chi connectivity index (χ4v) is 4.17. The number of nitrogens with zero attached hydrogens (tertiary/aromatic N) is 2. The lowest BCUT2D eigenvalue weighted by Gasteiger charge is -2.19. The molecular formula is C30H27N5O2. The summed E-state index contributed by atoms with van der Waals surface area (Å²) in [6, 6.07) is 28.0. The number of aromatic nitrogens is 3. The number of aromatic amines is 1. The van der Waals surface area contributed by atoms with Crippen molar-refractivity contribution in [2.24, 2.45) is 0 Å². The Labute approximate surface area is 215 Å². The van der Waals surface area contributed by atoms with Crippen LogP contribution < -0.4 is 10.6 Å². The van der Waals surface area contributed by atoms with E-state index in [-0.39, 0.29) is 11.8 Å². The molecule has 0 aliphatic rings. The molecule has 0 unspecified atom stereocenters. The first kappa shape index (κ1) is 23.9. The van der Waals surface area contributed by atoms with Crippen LogP contribution in [0.3, 0.4) is 0 Å². The maximum atomic E-state index is 13.2. The van der Waals surface area contributed by atoms with Gasteiger partial charge in [0.05, 0.1) is 11.0 Å². The SMILES string of the molecule is O=C(N[C@H](CCc1ccccc1)C(=O)NCc1ccccc1)c1ccc2nc(-c3ccncc3)[nH]c2c1. The van der Waals surface area contributed by atoms with Crippen molar-refractivity contribution >= 4 is 22.8 Å². The highest BCUT2D eigenvalue weighted by Crippen LogP contribution is 2.21. The van der Waals surface area contributed by atoms with Gasteiger partial charge < -0.3 is 15.6 Å². The van der Waals surface area contributed by atoms with Crippen molar-refractivity contribution in [3.05, 3.63) is 120 Å². The molecule has 7 nitrogen and oxygen atoms in total. The maximum Gasteiger partial charge on any atom is 0.252 e. The number of hydrogen-bond donors (Lipinski definition) is 3. The van der Waals surface area contributed by atoms with Gasteiger partial charge in [-0.1, -0.05) is 60.7 Å². The summed E-state index contributed by atoms with van der Waals surface area (Å²) in [5.74, 6) is 0.182. The molecule has 37 heavy (non-hydrogen) atoms. The van der Waals surface area contributed by atoms with Crippen LogP contribution in [0.5, 0.6) is 0 Å². The zero-order valence-electron chi connectivity index (χ0n) is 20.2. The average molecular weight is 490 g/mol. The Kier molecular flexibility index (Phi) is 7.31. The first-order valence-corrected chi connectivity index (χ1v) is 12.2. The van der Waals surface area contributed by atoms with Crippen molar-refractivity contribution in [1.29, 1.82) is 0 Å². The third-order valence-corrected chi connectivity index (χ3v) is 6.19. The fraction of sp³-hybridized carbons (Fsp3) is 0.133. The van der Waals surface area contributed by atoms with Gasteiger partial charge in [-0.2, -0.15) is 0 Å². The number of rotatable bonds is 9. The zero-order chi connectivity index (χ0) is 25.5. The number of nitrogens with one attached hydrogen (secondary N) is 3. The van der Waals surface area contributed by atoms with Crippen molar-refractivity contribution < 1.29 is 9.59 Å². The topological polar surface area (TPSA) is 99.8 Å². The summed E-state index contributed by atoms with van der Waals surface area (Å²) in [5, 5.41) is 5.92. The maximum absolute atomic E-state index is 13.2. The Bertz CT molecular complexity index is 1480. The number of carbonyl (C=O) groups excluding carboxylic acids is 2. The summed E-state index contributed by atoms with van der Waals surface area (Å²) >= 11 is 0. The predicted molar refractivity (Wildman–Crippen MR) is 144 cm³/mol. The third kappa shape index (κ3) is 6.08. The highest BCUT2D eigenvalue weighted by Gasteiger charge is 2.22. The number of hydrogen-bond acceptors (Lipinski definition) is 4. The van der Waals surface area contributed by atoms with Gasteiger partial charge in [0, 0.05) is 30.1 Å². The van der Waals surface area contributed by atoms with Crippen molar-refractivity contribution in [2.75, 3.05) is 0 Å². The third-order valence-electron chi connectivity index (χ3n) is 6.19. The van der Waals surface area contributed by atoms with Crippen LogP contribution in [0.4, 0.5) is 0 Å². The Morgan fingerprint density at radius 1 is 0.838 bits per heavy atom. The standard InChI is InChI=1S/C30H27N5O2/c36-29(24-12-14-25-27(19-24)34-28(33-25)23-15-17-31-18-16-23)35-26(13-11-21-7-3-1-4-8-21)30(37)32-20-22-9-5-2-6-10-22/h1-10,12,14-19,26H,11,13,20H2,(H,32,37)(H,33,34)(H,35,36)/t26-/m1/s1. The average Bonchev–Trinajstić information content (AvgIpc) is 3.39. The Balaban J connectivity index is 1.31. The van der Waals surface area contributed by atoms with Crippen LogP contribution >= 0.6 is 0 Å². The summed E-state index contributed by atoms with van der Waals surface area (Å²) in [7, 11) is 0. The van der Waals surface area contributed by atoms with Crippen LogP contribution in [0, 0.1) is 0 Å². The summed E-state index contributed by atoms with van der Waals surface area (Å²) < 4.78 is 0. The van der Waals surface area contributed by atoms with Gasteiger partial charge in [0.1, 0.15) is 11.9 Å². The van der Waals surface area contributed by atoms with E-state index in [9.17, 15) is 9.59 Å². The quantitative estimate of drug-likeness (QED) is 0.280. The minimum Gasteiger partial charge on any atom is -0.350 e. The minimum absolute atomic E-state index is 0.212. The molecule has 3 N–H and O–H groups in total. The van der Waals surface area contributed by atoms with Gasteiger partial charge in [0.25, 0.3) is 5.91 Å². The second-order valence-corrected chi connectivity index (χ2v) is 8.81. The Hall–Kier alpha value is -4.78. The van der Waals surface area contributed by atoms with Crippen LogP contribution in [0.25, 0.3) is 22.4 Å². The van der Waals surface area contributed by atoms with E-state index in [0.29, 0.717) is 30.8 Å². The van der Waals surface area contributed by atoms with Crippen molar-refractivity contribution in [3.8, 4) is 11.4 Å². The number of benzene rings is 3. The molecule has 0 spiro atoms. The molecule has 0 bridgehead atoms. The molecule has 2 heterocycles. The van der Waals surface area contributed by atoms with E-state index >= 15 is 0 Å². The highest BCUT2D eigenvalue weighted by molar-refractivity contribution is 6.00. The summed E-state index contributed by atoms with van der Waals surface area (Å²) in [4.78, 5) is 38.3. The Morgan fingerprint density at radius 3 is 2.27 bits per heavy atom. The molecule has 2 aromatic heterocycles. The number of pyridine rings is 1. The van der Waals surface area contributed by atoms with Crippen molar-refractivity contribution in [1.82, 2.24) is 25.6 Å². The molecule has 0 fully saturated rings. The van der Waals surface area contributed by atoms with E-state index in [1.807, 2.05) is 72.8 Å². The first-order valence-electron chi connectivity index (χ1n) is 12.2. The molecule has 1 atom stereocenters. The molecule has 0 saturated heterocycles. The van der Waals surface area contributed by atoms with Gasteiger partial charge in [0.15, 0.2) is 0 Å². The van der Waals surface area contributed by atoms with Gasteiger partial charge >= 0.3 is 0 Å². The van der Waals surface area contributed by atoms with E-state index < -0.39 is 6.04 Å². The van der Waals surface area contributed by atoms with Gasteiger partial charge in [-0.05, 0) is 54.3 Å². The number of amides is 2. The minimum atomic E-state index is -0.679. The number of aryl methyl sites for hydroxylation is 1. The molecule has 2 amide bonds. The molecule has 0 radical (unpaired) electrons. The molecule has 0 aliphatic carbocycles. The monoisotopic (exact) mass is 489 g/mol. The van der Waals surface area contributed by atoms with Crippen molar-refractivity contribution in [3.63, 3.8) is 0 Å². The highest BCUT2D eigenvalue weighted by atomic mass is 16.2. The van der Waals surface area contributed by atoms with E-state index in [1.54, 1.807) is 30.6 Å². The van der Waals surface area contributed by atoms with E-state index in [4.69, 9.17) is 0 Å². The number of imidazole rings is 1. The smallest absolute Gasteiger partial charge is 0.252 e. The molecule has 184 valence electrons. The van der Waals surface area contributed by atoms with Gasteiger partial charge in [-0.15, -0.1) is 0 Å². The molecule has 5 rings (SSSR count). The lowest BCUT2D eigenvalue weighted by molar-refractivity contribution is -0.123. The normalized spacial score (nSPS) is 11.7. The van der Waals surface area contributed by atoms with E-state index in [0.717, 1.165) is 27.7 Å². The molecule has 7 heteroatoms. The van der Waals surface area contributed by atoms with Gasteiger partial charge in [-0.3, -0.25) is 14.6 Å². The second-order valence-electron chi connectivity index (χ2n) is 8.81. The van der Waals surface area contributed by atoms with Gasteiger partial charge in [-0.25, -0.2) is 4.98 Å². The molecular weight excluding hydrogens is 462 g/mol. The summed E-state index contributed by atoms with van der Waals surface area (Å²) in [6.45, 7) is 0.398. The number of carbonyl (C=O) groups is 2. The fourth-order valence-electron chi connectivity index (χ4n) is 4.17. The molecule has 5 aromatic rings. The Morgan fingerprint density at radius 2 is 1.54 bits per heavy atom. The molecule has 0 aliphatic heterocycles. The van der Waals surface area contributed by atoms with Crippen molar-refractivity contribution in [2.45, 2.75) is 25.4 Å². The molecule has 0 saturated carbocycles.